The van der Waals surface area contributed by atoms with Gasteiger partial charge in [0.1, 0.15) is 0 Å². The van der Waals surface area contributed by atoms with Crippen LogP contribution in [-0.4, -0.2) is 60.1 Å². The lowest BCUT2D eigenvalue weighted by Crippen LogP contribution is -2.42. The van der Waals surface area contributed by atoms with E-state index in [0.717, 1.165) is 11.3 Å². The Bertz CT molecular complexity index is 1070. The number of sulfone groups is 1. The van der Waals surface area contributed by atoms with Gasteiger partial charge in [0.15, 0.2) is 13.8 Å². The van der Waals surface area contributed by atoms with E-state index >= 15 is 0 Å². The summed E-state index contributed by atoms with van der Waals surface area (Å²) < 4.78 is 25.2. The highest BCUT2D eigenvalue weighted by Crippen LogP contribution is 2.25. The summed E-state index contributed by atoms with van der Waals surface area (Å²) in [6.45, 7) is 2.39. The molecule has 2 N–H and O–H groups in total. The first kappa shape index (κ1) is 22.2. The number of likely N-dealkylation sites (N-methyl/N-ethyl adjacent to an activating group) is 1. The molecule has 1 aliphatic heterocycles. The first-order chi connectivity index (χ1) is 13.6. The molecule has 1 aromatic carbocycles. The van der Waals surface area contributed by atoms with E-state index in [1.165, 1.54) is 11.3 Å². The zero-order chi connectivity index (χ0) is 21.2. The van der Waals surface area contributed by atoms with Crippen molar-refractivity contribution in [3.05, 3.63) is 32.7 Å². The van der Waals surface area contributed by atoms with Crippen molar-refractivity contribution < 1.29 is 13.2 Å². The monoisotopic (exact) mass is 475 g/mol. The number of amides is 1. The molecule has 0 spiro atoms. The van der Waals surface area contributed by atoms with Crippen LogP contribution in [0.15, 0.2) is 18.2 Å². The van der Waals surface area contributed by atoms with Gasteiger partial charge < -0.3 is 10.6 Å². The summed E-state index contributed by atoms with van der Waals surface area (Å²) in [7, 11) is -1.25. The molecule has 2 heterocycles. The average molecular weight is 476 g/mol. The number of aromatic nitrogens is 2. The zero-order valence-electron chi connectivity index (χ0n) is 16.0. The molecule has 2 aromatic rings. The molecule has 1 aromatic heterocycles. The maximum Gasteiger partial charge on any atom is 0.234 e. The fraction of sp³-hybridized carbons (Fsp3) is 0.471. The normalized spacial score (nSPS) is 18.1. The van der Waals surface area contributed by atoms with Crippen LogP contribution in [0.4, 0.5) is 10.8 Å². The number of hydrogen-bond acceptors (Lipinski definition) is 8. The minimum atomic E-state index is -3.02. The van der Waals surface area contributed by atoms with Crippen LogP contribution in [0.5, 0.6) is 0 Å². The minimum Gasteiger partial charge on any atom is -0.351 e. The Morgan fingerprint density at radius 3 is 2.90 bits per heavy atom. The summed E-state index contributed by atoms with van der Waals surface area (Å²) in [5, 5.41) is 11.7. The van der Waals surface area contributed by atoms with Crippen LogP contribution in [-0.2, 0) is 21.3 Å². The topological polar surface area (TPSA) is 96.3 Å². The van der Waals surface area contributed by atoms with E-state index in [9.17, 15) is 13.2 Å². The largest absolute Gasteiger partial charge is 0.351 e. The van der Waals surface area contributed by atoms with Crippen molar-refractivity contribution in [2.45, 2.75) is 26.1 Å². The van der Waals surface area contributed by atoms with Crippen LogP contribution in [0, 0.1) is 10.9 Å². The van der Waals surface area contributed by atoms with Gasteiger partial charge in [0.05, 0.1) is 24.7 Å². The highest BCUT2D eigenvalue weighted by Gasteiger charge is 2.29. The van der Waals surface area contributed by atoms with Crippen molar-refractivity contribution in [2.24, 2.45) is 0 Å². The number of benzene rings is 1. The highest BCUT2D eigenvalue weighted by atomic mass is 35.5. The Labute approximate surface area is 183 Å². The molecule has 1 amide bonds. The quantitative estimate of drug-likeness (QED) is 0.594. The number of nitrogens with one attached hydrogen (secondary N) is 2. The van der Waals surface area contributed by atoms with Crippen LogP contribution < -0.4 is 10.6 Å². The van der Waals surface area contributed by atoms with E-state index in [4.69, 9.17) is 23.8 Å². The van der Waals surface area contributed by atoms with E-state index in [1.807, 2.05) is 25.1 Å². The van der Waals surface area contributed by atoms with Gasteiger partial charge in [-0.25, -0.2) is 13.1 Å². The van der Waals surface area contributed by atoms with Gasteiger partial charge in [0.2, 0.25) is 11.0 Å². The molecule has 8 nitrogen and oxygen atoms in total. The van der Waals surface area contributed by atoms with Gasteiger partial charge in [-0.2, -0.15) is 0 Å². The highest BCUT2D eigenvalue weighted by molar-refractivity contribution is 7.91. The third kappa shape index (κ3) is 6.22. The third-order valence-corrected chi connectivity index (χ3v) is 7.81. The van der Waals surface area contributed by atoms with Gasteiger partial charge >= 0.3 is 0 Å². The van der Waals surface area contributed by atoms with Crippen molar-refractivity contribution in [3.8, 4) is 0 Å². The summed E-state index contributed by atoms with van der Waals surface area (Å²) in [5.74, 6) is -0.0782. The van der Waals surface area contributed by atoms with Gasteiger partial charge in [-0.05, 0) is 50.3 Å². The lowest BCUT2D eigenvalue weighted by atomic mass is 10.2. The second-order valence-corrected chi connectivity index (χ2v) is 11.3. The van der Waals surface area contributed by atoms with Gasteiger partial charge in [0, 0.05) is 16.8 Å². The molecule has 158 valence electrons. The van der Waals surface area contributed by atoms with Crippen LogP contribution in [0.1, 0.15) is 12.0 Å². The van der Waals surface area contributed by atoms with Crippen LogP contribution in [0.25, 0.3) is 0 Å². The minimum absolute atomic E-state index is 0.0116. The summed E-state index contributed by atoms with van der Waals surface area (Å²) in [5.41, 5.74) is 1.81. The first-order valence-corrected chi connectivity index (χ1v) is 12.3. The van der Waals surface area contributed by atoms with Crippen molar-refractivity contribution in [3.63, 3.8) is 0 Å². The molecule has 0 saturated carbocycles. The zero-order valence-corrected chi connectivity index (χ0v) is 19.2. The average Bonchev–Trinajstić information content (AvgIpc) is 3.12. The molecule has 1 saturated heterocycles. The smallest absolute Gasteiger partial charge is 0.234 e. The molecular weight excluding hydrogens is 454 g/mol. The van der Waals surface area contributed by atoms with Crippen molar-refractivity contribution in [2.75, 3.05) is 30.4 Å². The number of halogens is 1. The van der Waals surface area contributed by atoms with Crippen molar-refractivity contribution >= 4 is 61.7 Å². The Balaban J connectivity index is 1.55. The predicted molar refractivity (Wildman–Crippen MR) is 118 cm³/mol. The van der Waals surface area contributed by atoms with E-state index in [-0.39, 0.29) is 30.0 Å². The van der Waals surface area contributed by atoms with Crippen molar-refractivity contribution in [1.82, 2.24) is 20.0 Å². The maximum absolute atomic E-state index is 12.2. The summed E-state index contributed by atoms with van der Waals surface area (Å²) in [6.07, 6.45) is 0.465. The fourth-order valence-electron chi connectivity index (χ4n) is 2.95. The second-order valence-electron chi connectivity index (χ2n) is 7.08. The van der Waals surface area contributed by atoms with Gasteiger partial charge in [-0.15, -0.1) is 5.10 Å². The Hall–Kier alpha value is -1.53. The molecule has 0 bridgehead atoms. The number of carbonyl (C=O) groups is 1. The number of hydrogen-bond donors (Lipinski definition) is 2. The lowest BCUT2D eigenvalue weighted by molar-refractivity contribution is -0.122. The Kier molecular flexibility index (Phi) is 6.94. The summed E-state index contributed by atoms with van der Waals surface area (Å²) >= 11 is 12.8. The van der Waals surface area contributed by atoms with Gasteiger partial charge in [0.25, 0.3) is 0 Å². The number of carbonyl (C=O) groups excluding carboxylic acids is 1. The Morgan fingerprint density at radius 1 is 1.48 bits per heavy atom. The van der Waals surface area contributed by atoms with E-state index in [0.29, 0.717) is 27.2 Å². The van der Waals surface area contributed by atoms with Crippen LogP contribution in [0.2, 0.25) is 5.02 Å². The summed E-state index contributed by atoms with van der Waals surface area (Å²) in [4.78, 5) is 13.9. The summed E-state index contributed by atoms with van der Waals surface area (Å²) in [6, 6.07) is 5.35. The van der Waals surface area contributed by atoms with Crippen LogP contribution >= 0.6 is 35.2 Å². The SMILES string of the molecule is Cc1ccc(Nc2nn(CN(C)CC(=O)NC3CCS(=O)(=O)C3)c(=S)s2)cc1Cl. The molecule has 12 heteroatoms. The third-order valence-electron chi connectivity index (χ3n) is 4.42. The molecule has 1 unspecified atom stereocenters. The van der Waals surface area contributed by atoms with E-state index in [1.54, 1.807) is 16.6 Å². The number of anilines is 2. The van der Waals surface area contributed by atoms with Gasteiger partial charge in [-0.3, -0.25) is 9.69 Å². The number of rotatable bonds is 7. The second kappa shape index (κ2) is 9.09. The molecule has 3 rings (SSSR count). The first-order valence-electron chi connectivity index (χ1n) is 8.91. The molecule has 1 fully saturated rings. The van der Waals surface area contributed by atoms with E-state index < -0.39 is 9.84 Å². The molecule has 1 aliphatic rings. The van der Waals surface area contributed by atoms with Crippen LogP contribution in [0.3, 0.4) is 0 Å². The maximum atomic E-state index is 12.2. The molecule has 29 heavy (non-hydrogen) atoms. The van der Waals surface area contributed by atoms with Crippen molar-refractivity contribution in [1.29, 1.82) is 0 Å². The molecule has 1 atom stereocenters. The number of nitrogens with zero attached hydrogens (tertiary/aromatic N) is 3. The fourth-order valence-corrected chi connectivity index (χ4v) is 5.81. The Morgan fingerprint density at radius 2 is 2.24 bits per heavy atom. The predicted octanol–water partition coefficient (Wildman–Crippen LogP) is 2.57. The van der Waals surface area contributed by atoms with Gasteiger partial charge in [-0.1, -0.05) is 29.0 Å². The number of aryl methyl sites for hydroxylation is 1. The van der Waals surface area contributed by atoms with E-state index in [2.05, 4.69) is 15.7 Å². The molecular formula is C17H22ClN5O3S3. The molecule has 0 radical (unpaired) electrons. The lowest BCUT2D eigenvalue weighted by Gasteiger charge is -2.17. The standard InChI is InChI=1S/C17H22ClN5O3S3/c1-11-3-4-12(7-14(11)18)20-16-21-23(17(27)28-16)10-22(2)8-15(24)19-13-5-6-29(25,26)9-13/h3-4,7,13H,5-6,8-10H2,1-2H3,(H,19,24)(H,20,21). The molecule has 0 aliphatic carbocycles.